The fraction of sp³-hybridized carbons (Fsp3) is 0.458. The molecule has 0 radical (unpaired) electrons. The maximum absolute atomic E-state index is 13.0. The first-order valence-electron chi connectivity index (χ1n) is 10.3. The van der Waals surface area contributed by atoms with Crippen molar-refractivity contribution >= 4 is 5.78 Å². The molecule has 3 unspecified atom stereocenters. The van der Waals surface area contributed by atoms with Crippen molar-refractivity contribution in [2.24, 2.45) is 0 Å². The normalized spacial score (nSPS) is 25.0. The van der Waals surface area contributed by atoms with Crippen molar-refractivity contribution in [1.29, 1.82) is 0 Å². The number of benzene rings is 2. The van der Waals surface area contributed by atoms with Gasteiger partial charge < -0.3 is 5.11 Å². The molecule has 28 heavy (non-hydrogen) atoms. The molecule has 0 amide bonds. The van der Waals surface area contributed by atoms with Gasteiger partial charge in [0.15, 0.2) is 0 Å². The first-order valence-corrected chi connectivity index (χ1v) is 10.3. The van der Waals surface area contributed by atoms with Gasteiger partial charge in [0.05, 0.1) is 6.10 Å². The van der Waals surface area contributed by atoms with Gasteiger partial charge in [-0.1, -0.05) is 43.5 Å². The zero-order chi connectivity index (χ0) is 19.9. The van der Waals surface area contributed by atoms with E-state index in [9.17, 15) is 18.7 Å². The monoisotopic (exact) mass is 386 g/mol. The van der Waals surface area contributed by atoms with Crippen molar-refractivity contribution in [3.8, 4) is 0 Å². The third-order valence-corrected chi connectivity index (χ3v) is 5.81. The van der Waals surface area contributed by atoms with Gasteiger partial charge >= 0.3 is 0 Å². The summed E-state index contributed by atoms with van der Waals surface area (Å²) in [6.45, 7) is 0. The molecule has 2 aromatic rings. The zero-order valence-electron chi connectivity index (χ0n) is 16.1. The lowest BCUT2D eigenvalue weighted by Gasteiger charge is -2.27. The molecule has 2 aromatic carbocycles. The summed E-state index contributed by atoms with van der Waals surface area (Å²) in [5.41, 5.74) is 1.78. The molecule has 0 bridgehead atoms. The third-order valence-electron chi connectivity index (χ3n) is 5.81. The van der Waals surface area contributed by atoms with E-state index in [1.165, 1.54) is 18.2 Å². The number of ketones is 1. The van der Waals surface area contributed by atoms with E-state index in [2.05, 4.69) is 0 Å². The summed E-state index contributed by atoms with van der Waals surface area (Å²) in [5, 5.41) is 9.79. The van der Waals surface area contributed by atoms with E-state index in [1.807, 2.05) is 12.1 Å². The van der Waals surface area contributed by atoms with Crippen molar-refractivity contribution in [1.82, 2.24) is 0 Å². The van der Waals surface area contributed by atoms with E-state index in [4.69, 9.17) is 0 Å². The Hall–Kier alpha value is -2.07. The molecule has 0 aromatic heterocycles. The number of carbonyl (C=O) groups excluding carboxylic acids is 1. The highest BCUT2D eigenvalue weighted by Crippen LogP contribution is 2.33. The van der Waals surface area contributed by atoms with Gasteiger partial charge in [-0.2, -0.15) is 0 Å². The van der Waals surface area contributed by atoms with E-state index >= 15 is 0 Å². The van der Waals surface area contributed by atoms with Crippen LogP contribution in [0.1, 0.15) is 74.3 Å². The zero-order valence-corrected chi connectivity index (χ0v) is 16.1. The maximum atomic E-state index is 13.0. The van der Waals surface area contributed by atoms with Gasteiger partial charge in [0.25, 0.3) is 0 Å². The Balaban J connectivity index is 0.000000161. The largest absolute Gasteiger partial charge is 0.392 e. The summed E-state index contributed by atoms with van der Waals surface area (Å²) in [4.78, 5) is 11.6. The number of Topliss-reactive ketones (excluding diaryl/α,β-unsaturated/α-hetero) is 1. The van der Waals surface area contributed by atoms with Crippen molar-refractivity contribution in [2.45, 2.75) is 69.3 Å². The maximum Gasteiger partial charge on any atom is 0.140 e. The predicted molar refractivity (Wildman–Crippen MR) is 106 cm³/mol. The van der Waals surface area contributed by atoms with Crippen molar-refractivity contribution < 1.29 is 18.7 Å². The van der Waals surface area contributed by atoms with Crippen LogP contribution < -0.4 is 0 Å². The van der Waals surface area contributed by atoms with E-state index in [0.717, 1.165) is 56.1 Å². The van der Waals surface area contributed by atoms with E-state index in [1.54, 1.807) is 18.2 Å². The Kier molecular flexibility index (Phi) is 7.32. The number of rotatable bonds is 2. The smallest absolute Gasteiger partial charge is 0.140 e. The highest BCUT2D eigenvalue weighted by Gasteiger charge is 2.25. The minimum absolute atomic E-state index is 0.0561. The van der Waals surface area contributed by atoms with E-state index in [0.29, 0.717) is 6.42 Å². The topological polar surface area (TPSA) is 37.3 Å². The number of aliphatic hydroxyl groups excluding tert-OH is 1. The van der Waals surface area contributed by atoms with Crippen LogP contribution in [0.15, 0.2) is 48.5 Å². The highest BCUT2D eigenvalue weighted by atomic mass is 19.1. The van der Waals surface area contributed by atoms with Crippen LogP contribution in [-0.2, 0) is 4.79 Å². The molecular weight excluding hydrogens is 358 g/mol. The Bertz CT molecular complexity index is 790. The van der Waals surface area contributed by atoms with Gasteiger partial charge in [-0.3, -0.25) is 4.79 Å². The van der Waals surface area contributed by atoms with Crippen molar-refractivity contribution in [3.63, 3.8) is 0 Å². The van der Waals surface area contributed by atoms with Gasteiger partial charge in [-0.05, 0) is 61.1 Å². The Morgan fingerprint density at radius 3 is 2.04 bits per heavy atom. The lowest BCUT2D eigenvalue weighted by atomic mass is 9.82. The minimum atomic E-state index is -0.287. The van der Waals surface area contributed by atoms with Crippen LogP contribution in [0.4, 0.5) is 8.78 Å². The van der Waals surface area contributed by atoms with E-state index < -0.39 is 0 Å². The lowest BCUT2D eigenvalue weighted by molar-refractivity contribution is -0.121. The first-order chi connectivity index (χ1) is 13.5. The van der Waals surface area contributed by atoms with Gasteiger partial charge in [-0.25, -0.2) is 8.78 Å². The molecule has 150 valence electrons. The molecule has 2 aliphatic rings. The Morgan fingerprint density at radius 2 is 1.39 bits per heavy atom. The van der Waals surface area contributed by atoms with Crippen LogP contribution in [0.25, 0.3) is 0 Å². The van der Waals surface area contributed by atoms with Crippen LogP contribution in [0.5, 0.6) is 0 Å². The molecular formula is C24H28F2O2. The summed E-state index contributed by atoms with van der Waals surface area (Å²) in [6, 6.07) is 13.0. The molecule has 2 saturated carbocycles. The molecule has 0 spiro atoms. The van der Waals surface area contributed by atoms with Crippen molar-refractivity contribution in [2.75, 3.05) is 0 Å². The molecule has 4 rings (SSSR count). The number of hydrogen-bond donors (Lipinski definition) is 1. The summed E-state index contributed by atoms with van der Waals surface area (Å²) in [5.74, 6) is -0.109. The third kappa shape index (κ3) is 5.48. The quantitative estimate of drug-likeness (QED) is 0.698. The Labute approximate surface area is 165 Å². The number of halogens is 2. The summed E-state index contributed by atoms with van der Waals surface area (Å²) in [6.07, 6.45) is 7.36. The summed E-state index contributed by atoms with van der Waals surface area (Å²) < 4.78 is 25.9. The standard InChI is InChI=1S/C12H15FO.C12H13FO/c2*13-10-5-3-4-9(8-10)11-6-1-2-7-12(11)14/h3-5,8,11-12,14H,1-2,6-7H2;3-5,8,11H,1-2,6-7H2. The lowest BCUT2D eigenvalue weighted by Crippen LogP contribution is -2.22. The first kappa shape index (κ1) is 20.7. The molecule has 0 heterocycles. The number of aliphatic hydroxyl groups is 1. The van der Waals surface area contributed by atoms with Gasteiger partial charge in [0.2, 0.25) is 0 Å². The fourth-order valence-corrected chi connectivity index (χ4v) is 4.30. The van der Waals surface area contributed by atoms with Crippen molar-refractivity contribution in [3.05, 3.63) is 71.3 Å². The molecule has 2 aliphatic carbocycles. The molecule has 1 N–H and O–H groups in total. The average molecular weight is 386 g/mol. The highest BCUT2D eigenvalue weighted by molar-refractivity contribution is 5.86. The second-order valence-electron chi connectivity index (χ2n) is 7.83. The van der Waals surface area contributed by atoms with Crippen LogP contribution in [0.2, 0.25) is 0 Å². The number of carbonyl (C=O) groups is 1. The predicted octanol–water partition coefficient (Wildman–Crippen LogP) is 5.90. The van der Waals surface area contributed by atoms with Gasteiger partial charge in [0, 0.05) is 18.3 Å². The van der Waals surface area contributed by atoms with Crippen LogP contribution >= 0.6 is 0 Å². The van der Waals surface area contributed by atoms with Gasteiger partial charge in [0.1, 0.15) is 17.4 Å². The van der Waals surface area contributed by atoms with Crippen LogP contribution in [0.3, 0.4) is 0 Å². The van der Waals surface area contributed by atoms with Gasteiger partial charge in [-0.15, -0.1) is 0 Å². The molecule has 3 atom stereocenters. The summed E-state index contributed by atoms with van der Waals surface area (Å²) in [7, 11) is 0. The molecule has 4 heteroatoms. The molecule has 2 fully saturated rings. The molecule has 2 nitrogen and oxygen atoms in total. The Morgan fingerprint density at radius 1 is 0.786 bits per heavy atom. The van der Waals surface area contributed by atoms with Crippen LogP contribution in [0, 0.1) is 11.6 Å². The second kappa shape index (κ2) is 9.92. The fourth-order valence-electron chi connectivity index (χ4n) is 4.30. The van der Waals surface area contributed by atoms with Crippen LogP contribution in [-0.4, -0.2) is 17.0 Å². The van der Waals surface area contributed by atoms with E-state index in [-0.39, 0.29) is 35.4 Å². The SMILES string of the molecule is O=C1CCCCC1c1cccc(F)c1.OC1CCCCC1c1cccc(F)c1. The average Bonchev–Trinajstić information content (AvgIpc) is 2.69. The number of hydrogen-bond acceptors (Lipinski definition) is 2. The molecule has 0 aliphatic heterocycles. The second-order valence-corrected chi connectivity index (χ2v) is 7.83. The minimum Gasteiger partial charge on any atom is -0.392 e. The molecule has 0 saturated heterocycles. The summed E-state index contributed by atoms with van der Waals surface area (Å²) >= 11 is 0.